The standard InChI is InChI=1S/C19H27N5O2S/c1-14(25)16-12-21-18(27-16)13-23-6-3-15(4-7-23)19-20-5-2-17(22-19)24-8-10-26-11-9-24/h2,5,12,14-15,25H,3-4,6-11,13H2,1H3. The van der Waals surface area contributed by atoms with Crippen LogP contribution in [0.4, 0.5) is 5.82 Å². The van der Waals surface area contributed by atoms with Gasteiger partial charge in [-0.2, -0.15) is 0 Å². The molecule has 0 saturated carbocycles. The number of morpholine rings is 1. The topological polar surface area (TPSA) is 74.6 Å². The Hall–Kier alpha value is -1.61. The Labute approximate surface area is 164 Å². The van der Waals surface area contributed by atoms with E-state index in [1.54, 1.807) is 24.5 Å². The summed E-state index contributed by atoms with van der Waals surface area (Å²) in [5.41, 5.74) is 0. The van der Waals surface area contributed by atoms with Crippen molar-refractivity contribution in [3.05, 3.63) is 34.2 Å². The monoisotopic (exact) mass is 389 g/mol. The van der Waals surface area contributed by atoms with Gasteiger partial charge in [-0.05, 0) is 38.9 Å². The number of thiazole rings is 1. The van der Waals surface area contributed by atoms with Crippen molar-refractivity contribution in [1.29, 1.82) is 0 Å². The van der Waals surface area contributed by atoms with Gasteiger partial charge in [-0.1, -0.05) is 0 Å². The molecule has 0 spiro atoms. The molecular weight excluding hydrogens is 362 g/mol. The fourth-order valence-corrected chi connectivity index (χ4v) is 4.56. The van der Waals surface area contributed by atoms with Gasteiger partial charge in [0.2, 0.25) is 0 Å². The molecule has 27 heavy (non-hydrogen) atoms. The van der Waals surface area contributed by atoms with E-state index in [0.717, 1.165) is 80.3 Å². The normalized spacial score (nSPS) is 20.7. The summed E-state index contributed by atoms with van der Waals surface area (Å²) >= 11 is 1.61. The summed E-state index contributed by atoms with van der Waals surface area (Å²) in [6.07, 6.45) is 5.40. The van der Waals surface area contributed by atoms with E-state index in [1.165, 1.54) is 0 Å². The lowest BCUT2D eigenvalue weighted by molar-refractivity contribution is 0.122. The van der Waals surface area contributed by atoms with Crippen molar-refractivity contribution in [3.8, 4) is 0 Å². The molecule has 7 nitrogen and oxygen atoms in total. The molecule has 2 aliphatic rings. The maximum Gasteiger partial charge on any atom is 0.133 e. The van der Waals surface area contributed by atoms with Crippen molar-refractivity contribution in [2.45, 2.75) is 38.3 Å². The van der Waals surface area contributed by atoms with Gasteiger partial charge in [0.1, 0.15) is 16.6 Å². The molecule has 2 fully saturated rings. The summed E-state index contributed by atoms with van der Waals surface area (Å²) in [4.78, 5) is 19.5. The predicted octanol–water partition coefficient (Wildman–Crippen LogP) is 2.20. The van der Waals surface area contributed by atoms with E-state index in [1.807, 2.05) is 12.3 Å². The summed E-state index contributed by atoms with van der Waals surface area (Å²) in [6.45, 7) is 8.04. The lowest BCUT2D eigenvalue weighted by Gasteiger charge is -2.31. The van der Waals surface area contributed by atoms with E-state index >= 15 is 0 Å². The summed E-state index contributed by atoms with van der Waals surface area (Å²) in [7, 11) is 0. The molecule has 1 unspecified atom stereocenters. The molecule has 4 heterocycles. The molecule has 2 saturated heterocycles. The average molecular weight is 390 g/mol. The van der Waals surface area contributed by atoms with Gasteiger partial charge in [-0.15, -0.1) is 11.3 Å². The number of nitrogens with zero attached hydrogens (tertiary/aromatic N) is 5. The van der Waals surface area contributed by atoms with Gasteiger partial charge in [-0.3, -0.25) is 4.90 Å². The number of anilines is 1. The van der Waals surface area contributed by atoms with Gasteiger partial charge in [0, 0.05) is 31.4 Å². The van der Waals surface area contributed by atoms with E-state index < -0.39 is 6.10 Å². The highest BCUT2D eigenvalue weighted by Gasteiger charge is 2.24. The number of rotatable bonds is 5. The predicted molar refractivity (Wildman–Crippen MR) is 105 cm³/mol. The maximum atomic E-state index is 9.65. The number of ether oxygens (including phenoxy) is 1. The maximum absolute atomic E-state index is 9.65. The summed E-state index contributed by atoms with van der Waals surface area (Å²) in [6, 6.07) is 2.01. The van der Waals surface area contributed by atoms with Gasteiger partial charge in [0.25, 0.3) is 0 Å². The molecule has 2 aliphatic heterocycles. The molecule has 0 aromatic carbocycles. The lowest BCUT2D eigenvalue weighted by Crippen LogP contribution is -2.37. The molecule has 2 aromatic heterocycles. The molecule has 146 valence electrons. The molecule has 2 aromatic rings. The van der Waals surface area contributed by atoms with Gasteiger partial charge >= 0.3 is 0 Å². The second-order valence-electron chi connectivity index (χ2n) is 7.26. The van der Waals surface area contributed by atoms with Crippen molar-refractivity contribution in [2.24, 2.45) is 0 Å². The van der Waals surface area contributed by atoms with Gasteiger partial charge < -0.3 is 14.7 Å². The SMILES string of the molecule is CC(O)c1cnc(CN2CCC(c3nccc(N4CCOCC4)n3)CC2)s1. The Kier molecular flexibility index (Phi) is 5.97. The Morgan fingerprint density at radius 2 is 2.00 bits per heavy atom. The third-order valence-electron chi connectivity index (χ3n) is 5.29. The Morgan fingerprint density at radius 3 is 2.70 bits per heavy atom. The van der Waals surface area contributed by atoms with Crippen LogP contribution in [0.1, 0.15) is 47.5 Å². The minimum atomic E-state index is -0.433. The lowest BCUT2D eigenvalue weighted by atomic mass is 9.96. The van der Waals surface area contributed by atoms with Crippen molar-refractivity contribution >= 4 is 17.2 Å². The molecule has 0 radical (unpaired) electrons. The Bertz CT molecular complexity index is 739. The van der Waals surface area contributed by atoms with Gasteiger partial charge in [0.05, 0.1) is 30.7 Å². The van der Waals surface area contributed by atoms with E-state index in [4.69, 9.17) is 9.72 Å². The summed E-state index contributed by atoms with van der Waals surface area (Å²) < 4.78 is 5.43. The fourth-order valence-electron chi connectivity index (χ4n) is 3.66. The first-order valence-electron chi connectivity index (χ1n) is 9.69. The molecule has 1 N–H and O–H groups in total. The van der Waals surface area contributed by atoms with Gasteiger partial charge in [-0.25, -0.2) is 15.0 Å². The third-order valence-corrected chi connectivity index (χ3v) is 6.44. The molecule has 8 heteroatoms. The minimum absolute atomic E-state index is 0.423. The van der Waals surface area contributed by atoms with E-state index in [0.29, 0.717) is 5.92 Å². The second kappa shape index (κ2) is 8.60. The number of aromatic nitrogens is 3. The van der Waals surface area contributed by atoms with Crippen LogP contribution in [-0.4, -0.2) is 64.4 Å². The van der Waals surface area contributed by atoms with E-state index in [9.17, 15) is 5.11 Å². The van der Waals surface area contributed by atoms with Crippen LogP contribution >= 0.6 is 11.3 Å². The molecule has 4 rings (SSSR count). The van der Waals surface area contributed by atoms with Crippen LogP contribution in [0, 0.1) is 0 Å². The van der Waals surface area contributed by atoms with Crippen molar-refractivity contribution in [3.63, 3.8) is 0 Å². The van der Waals surface area contributed by atoms with E-state index in [2.05, 4.69) is 19.8 Å². The van der Waals surface area contributed by atoms with Crippen LogP contribution in [0.2, 0.25) is 0 Å². The quantitative estimate of drug-likeness (QED) is 0.840. The molecule has 1 atom stereocenters. The van der Waals surface area contributed by atoms with Crippen LogP contribution < -0.4 is 4.90 Å². The first kappa shape index (κ1) is 18.7. The number of hydrogen-bond donors (Lipinski definition) is 1. The molecule has 0 bridgehead atoms. The largest absolute Gasteiger partial charge is 0.388 e. The smallest absolute Gasteiger partial charge is 0.133 e. The first-order chi connectivity index (χ1) is 13.2. The summed E-state index contributed by atoms with van der Waals surface area (Å²) in [5, 5.41) is 10.7. The molecule has 0 aliphatic carbocycles. The number of likely N-dealkylation sites (tertiary alicyclic amines) is 1. The Balaban J connectivity index is 1.33. The molecule has 0 amide bonds. The van der Waals surface area contributed by atoms with Crippen LogP contribution in [0.15, 0.2) is 18.5 Å². The fraction of sp³-hybridized carbons (Fsp3) is 0.632. The van der Waals surface area contributed by atoms with Crippen molar-refractivity contribution in [2.75, 3.05) is 44.3 Å². The van der Waals surface area contributed by atoms with Crippen LogP contribution in [0.3, 0.4) is 0 Å². The van der Waals surface area contributed by atoms with Crippen molar-refractivity contribution in [1.82, 2.24) is 19.9 Å². The van der Waals surface area contributed by atoms with Crippen LogP contribution in [0.25, 0.3) is 0 Å². The second-order valence-corrected chi connectivity index (χ2v) is 8.40. The highest BCUT2D eigenvalue weighted by Crippen LogP contribution is 2.28. The number of piperidine rings is 1. The highest BCUT2D eigenvalue weighted by molar-refractivity contribution is 7.11. The van der Waals surface area contributed by atoms with Gasteiger partial charge in [0.15, 0.2) is 0 Å². The average Bonchev–Trinajstić information content (AvgIpc) is 3.18. The zero-order valence-corrected chi connectivity index (χ0v) is 16.6. The third kappa shape index (κ3) is 4.63. The van der Waals surface area contributed by atoms with Crippen LogP contribution in [0.5, 0.6) is 0 Å². The number of aliphatic hydroxyl groups excluding tert-OH is 1. The highest BCUT2D eigenvalue weighted by atomic mass is 32.1. The number of hydrogen-bond acceptors (Lipinski definition) is 8. The zero-order chi connectivity index (χ0) is 18.6. The number of aliphatic hydroxyl groups is 1. The van der Waals surface area contributed by atoms with E-state index in [-0.39, 0.29) is 0 Å². The minimum Gasteiger partial charge on any atom is -0.388 e. The Morgan fingerprint density at radius 1 is 1.22 bits per heavy atom. The first-order valence-corrected chi connectivity index (χ1v) is 10.5. The van der Waals surface area contributed by atoms with Crippen LogP contribution in [-0.2, 0) is 11.3 Å². The summed E-state index contributed by atoms with van der Waals surface area (Å²) in [5.74, 6) is 2.43. The van der Waals surface area contributed by atoms with Crippen molar-refractivity contribution < 1.29 is 9.84 Å². The molecular formula is C19H27N5O2S. The zero-order valence-electron chi connectivity index (χ0n) is 15.8.